The Hall–Kier alpha value is -5.24. The van der Waals surface area contributed by atoms with Crippen LogP contribution in [0, 0.1) is 6.07 Å². The molecule has 0 saturated carbocycles. The maximum Gasteiger partial charge on any atom is 0.256 e. The van der Waals surface area contributed by atoms with Crippen molar-refractivity contribution < 1.29 is 14.4 Å². The van der Waals surface area contributed by atoms with E-state index >= 15 is 0 Å². The number of ketones is 1. The Balaban J connectivity index is 1.37. The number of benzene rings is 4. The normalized spacial score (nSPS) is 10.6. The van der Waals surface area contributed by atoms with Gasteiger partial charge in [-0.1, -0.05) is 66.7 Å². The first kappa shape index (κ1) is 22.5. The second kappa shape index (κ2) is 9.94. The fraction of sp³-hybridized carbons (Fsp3) is 0. The van der Waals surface area contributed by atoms with E-state index in [-0.39, 0.29) is 11.7 Å². The number of hydrogen-bond acceptors (Lipinski definition) is 6. The minimum Gasteiger partial charge on any atom is -0.322 e. The van der Waals surface area contributed by atoms with Crippen molar-refractivity contribution in [3.63, 3.8) is 0 Å². The molecule has 2 N–H and O–H groups in total. The maximum absolute atomic E-state index is 13.3. The number of carbonyl (C=O) groups excluding carboxylic acids is 3. The summed E-state index contributed by atoms with van der Waals surface area (Å²) in [4.78, 5) is 37.1. The standard InChI is InChI=1S/C28H18N5O3/c34-17-21-6-1-2-9-23(21)28(36)29-22-14-12-18(13-15-22)19-7-5-8-20(16-19)26(35)24-10-3-4-11-25(24)27-30-32-33-31-27/h1-6,8-17H,(H,29,36)(H,30,31,32,33). The smallest absolute Gasteiger partial charge is 0.256 e. The molecule has 5 aromatic rings. The lowest BCUT2D eigenvalue weighted by molar-refractivity contribution is 0.101. The third-order valence-electron chi connectivity index (χ3n) is 5.62. The second-order valence-corrected chi connectivity index (χ2v) is 7.85. The van der Waals surface area contributed by atoms with E-state index in [0.29, 0.717) is 45.6 Å². The zero-order valence-electron chi connectivity index (χ0n) is 18.8. The molecule has 36 heavy (non-hydrogen) atoms. The molecule has 1 heterocycles. The summed E-state index contributed by atoms with van der Waals surface area (Å²) < 4.78 is 0. The van der Waals surface area contributed by atoms with Gasteiger partial charge >= 0.3 is 0 Å². The van der Waals surface area contributed by atoms with Crippen LogP contribution in [0.3, 0.4) is 0 Å². The molecule has 0 aliphatic carbocycles. The van der Waals surface area contributed by atoms with Gasteiger partial charge in [0.2, 0.25) is 0 Å². The van der Waals surface area contributed by atoms with E-state index in [2.05, 4.69) is 32.0 Å². The summed E-state index contributed by atoms with van der Waals surface area (Å²) >= 11 is 0. The first-order valence-corrected chi connectivity index (χ1v) is 11.0. The van der Waals surface area contributed by atoms with Crippen LogP contribution in [0.4, 0.5) is 5.69 Å². The Morgan fingerprint density at radius 1 is 0.889 bits per heavy atom. The predicted octanol–water partition coefficient (Wildman–Crippen LogP) is 4.63. The van der Waals surface area contributed by atoms with E-state index in [1.54, 1.807) is 72.8 Å². The van der Waals surface area contributed by atoms with Gasteiger partial charge in [-0.3, -0.25) is 14.4 Å². The lowest BCUT2D eigenvalue weighted by Crippen LogP contribution is -2.13. The van der Waals surface area contributed by atoms with Crippen molar-refractivity contribution in [3.05, 3.63) is 119 Å². The molecule has 0 aliphatic rings. The monoisotopic (exact) mass is 472 g/mol. The summed E-state index contributed by atoms with van der Waals surface area (Å²) in [5.41, 5.74) is 4.33. The van der Waals surface area contributed by atoms with Gasteiger partial charge in [0.05, 0.1) is 5.56 Å². The Morgan fingerprint density at radius 2 is 1.64 bits per heavy atom. The first-order valence-electron chi connectivity index (χ1n) is 11.0. The van der Waals surface area contributed by atoms with Gasteiger partial charge in [-0.2, -0.15) is 0 Å². The van der Waals surface area contributed by atoms with Crippen LogP contribution in [0.1, 0.15) is 36.6 Å². The minimum atomic E-state index is -0.370. The number of H-pyrrole nitrogens is 1. The molecular formula is C28H18N5O3. The molecule has 1 aromatic heterocycles. The van der Waals surface area contributed by atoms with Gasteiger partial charge in [0, 0.05) is 27.9 Å². The number of nitrogens with zero attached hydrogens (tertiary/aromatic N) is 3. The molecule has 5 rings (SSSR count). The second-order valence-electron chi connectivity index (χ2n) is 7.85. The minimum absolute atomic E-state index is 0.171. The van der Waals surface area contributed by atoms with Crippen molar-refractivity contribution in [1.82, 2.24) is 20.6 Å². The predicted molar refractivity (Wildman–Crippen MR) is 134 cm³/mol. The van der Waals surface area contributed by atoms with Gasteiger partial charge in [0.25, 0.3) is 5.91 Å². The van der Waals surface area contributed by atoms with Crippen molar-refractivity contribution >= 4 is 23.7 Å². The summed E-state index contributed by atoms with van der Waals surface area (Å²) in [6, 6.07) is 29.2. The lowest BCUT2D eigenvalue weighted by atomic mass is 9.95. The Kier molecular flexibility index (Phi) is 6.23. The van der Waals surface area contributed by atoms with Crippen LogP contribution >= 0.6 is 0 Å². The summed E-state index contributed by atoms with van der Waals surface area (Å²) in [5, 5.41) is 16.6. The Bertz CT molecular complexity index is 1560. The molecule has 0 aliphatic heterocycles. The average Bonchev–Trinajstić information content (AvgIpc) is 3.48. The molecular weight excluding hydrogens is 454 g/mol. The molecule has 1 amide bonds. The number of aldehydes is 1. The van der Waals surface area contributed by atoms with Crippen LogP contribution in [0.5, 0.6) is 0 Å². The Morgan fingerprint density at radius 3 is 2.39 bits per heavy atom. The largest absolute Gasteiger partial charge is 0.322 e. The van der Waals surface area contributed by atoms with Gasteiger partial charge in [-0.15, -0.1) is 5.10 Å². The summed E-state index contributed by atoms with van der Waals surface area (Å²) in [7, 11) is 0. The van der Waals surface area contributed by atoms with E-state index in [9.17, 15) is 14.4 Å². The van der Waals surface area contributed by atoms with E-state index in [1.807, 2.05) is 18.2 Å². The number of aromatic amines is 1. The molecule has 0 unspecified atom stereocenters. The highest BCUT2D eigenvalue weighted by Crippen LogP contribution is 2.26. The van der Waals surface area contributed by atoms with Crippen LogP contribution in [-0.2, 0) is 0 Å². The molecule has 1 radical (unpaired) electrons. The zero-order valence-corrected chi connectivity index (χ0v) is 18.8. The number of tetrazole rings is 1. The molecule has 4 aromatic carbocycles. The summed E-state index contributed by atoms with van der Waals surface area (Å²) in [5.74, 6) is -0.129. The van der Waals surface area contributed by atoms with Gasteiger partial charge < -0.3 is 5.32 Å². The van der Waals surface area contributed by atoms with Crippen molar-refractivity contribution in [2.75, 3.05) is 5.32 Å². The summed E-state index contributed by atoms with van der Waals surface area (Å²) in [6.07, 6.45) is 0.656. The number of hydrogen-bond donors (Lipinski definition) is 2. The van der Waals surface area contributed by atoms with Crippen LogP contribution < -0.4 is 5.32 Å². The number of amides is 1. The van der Waals surface area contributed by atoms with Crippen LogP contribution in [0.15, 0.2) is 91.0 Å². The number of nitrogens with one attached hydrogen (secondary N) is 2. The van der Waals surface area contributed by atoms with E-state index in [0.717, 1.165) is 11.1 Å². The first-order chi connectivity index (χ1) is 17.6. The zero-order chi connectivity index (χ0) is 24.9. The number of rotatable bonds is 7. The van der Waals surface area contributed by atoms with Gasteiger partial charge in [0.1, 0.15) is 0 Å². The van der Waals surface area contributed by atoms with Crippen LogP contribution in [0.25, 0.3) is 22.5 Å². The van der Waals surface area contributed by atoms with E-state index < -0.39 is 0 Å². The number of anilines is 1. The SMILES string of the molecule is O=Cc1ccccc1C(=O)Nc1ccc(-c2[c]ccc(C(=O)c3ccccc3-c3nnn[nH]3)c2)cc1. The molecule has 0 bridgehead atoms. The molecule has 0 fully saturated rings. The van der Waals surface area contributed by atoms with Gasteiger partial charge in [-0.25, -0.2) is 5.10 Å². The van der Waals surface area contributed by atoms with Gasteiger partial charge in [0.15, 0.2) is 17.9 Å². The van der Waals surface area contributed by atoms with Crippen molar-refractivity contribution in [3.8, 4) is 22.5 Å². The highest BCUT2D eigenvalue weighted by molar-refractivity contribution is 6.13. The van der Waals surface area contributed by atoms with E-state index in [4.69, 9.17) is 0 Å². The topological polar surface area (TPSA) is 118 Å². The molecule has 173 valence electrons. The molecule has 8 nitrogen and oxygen atoms in total. The highest BCUT2D eigenvalue weighted by atomic mass is 16.2. The number of aromatic nitrogens is 4. The fourth-order valence-electron chi connectivity index (χ4n) is 3.83. The van der Waals surface area contributed by atoms with E-state index in [1.165, 1.54) is 0 Å². The van der Waals surface area contributed by atoms with Crippen LogP contribution in [-0.4, -0.2) is 38.6 Å². The van der Waals surface area contributed by atoms with Crippen molar-refractivity contribution in [2.45, 2.75) is 0 Å². The average molecular weight is 472 g/mol. The van der Waals surface area contributed by atoms with Gasteiger partial charge in [-0.05, 0) is 51.9 Å². The molecule has 0 saturated heterocycles. The summed E-state index contributed by atoms with van der Waals surface area (Å²) in [6.45, 7) is 0. The third-order valence-corrected chi connectivity index (χ3v) is 5.62. The molecule has 8 heteroatoms. The lowest BCUT2D eigenvalue weighted by Gasteiger charge is -2.10. The van der Waals surface area contributed by atoms with Crippen LogP contribution in [0.2, 0.25) is 0 Å². The molecule has 0 spiro atoms. The highest BCUT2D eigenvalue weighted by Gasteiger charge is 2.17. The third kappa shape index (κ3) is 4.55. The Labute approximate surface area is 206 Å². The molecule has 0 atom stereocenters. The van der Waals surface area contributed by atoms with Crippen molar-refractivity contribution in [1.29, 1.82) is 0 Å². The number of carbonyl (C=O) groups is 3. The van der Waals surface area contributed by atoms with Crippen molar-refractivity contribution in [2.24, 2.45) is 0 Å². The maximum atomic E-state index is 13.3. The fourth-order valence-corrected chi connectivity index (χ4v) is 3.83. The quantitative estimate of drug-likeness (QED) is 0.263.